The van der Waals surface area contributed by atoms with E-state index in [-0.39, 0.29) is 5.54 Å². The number of ether oxygens (including phenoxy) is 2. The zero-order valence-electron chi connectivity index (χ0n) is 13.2. The first-order chi connectivity index (χ1) is 9.48. The molecule has 1 aromatic rings. The van der Waals surface area contributed by atoms with Crippen molar-refractivity contribution in [3.8, 4) is 11.5 Å². The van der Waals surface area contributed by atoms with Gasteiger partial charge in [-0.3, -0.25) is 0 Å². The zero-order chi connectivity index (χ0) is 14.6. The summed E-state index contributed by atoms with van der Waals surface area (Å²) in [6.45, 7) is 10.8. The minimum absolute atomic E-state index is 0.118. The van der Waals surface area contributed by atoms with Crippen LogP contribution in [-0.2, 0) is 6.54 Å². The third-order valence-corrected chi connectivity index (χ3v) is 3.30. The number of hydrogen-bond acceptors (Lipinski definition) is 3. The molecule has 1 saturated carbocycles. The Hall–Kier alpha value is -1.22. The molecule has 0 aromatic heterocycles. The topological polar surface area (TPSA) is 30.5 Å². The predicted octanol–water partition coefficient (Wildman–Crippen LogP) is 3.76. The van der Waals surface area contributed by atoms with Crippen molar-refractivity contribution in [3.05, 3.63) is 23.8 Å². The van der Waals surface area contributed by atoms with Crippen molar-refractivity contribution in [2.75, 3.05) is 13.2 Å². The van der Waals surface area contributed by atoms with Crippen LogP contribution < -0.4 is 14.8 Å². The first kappa shape index (κ1) is 15.2. The van der Waals surface area contributed by atoms with E-state index < -0.39 is 0 Å². The van der Waals surface area contributed by atoms with Gasteiger partial charge >= 0.3 is 0 Å². The first-order valence-corrected chi connectivity index (χ1v) is 7.61. The standard InChI is InChI=1S/C17H27NO2/c1-5-19-16-10-14(11-18-17(2,3)4)8-9-15(16)20-12-13-6-7-13/h8-10,13,18H,5-7,11-12H2,1-4H3. The lowest BCUT2D eigenvalue weighted by Gasteiger charge is -2.21. The summed E-state index contributed by atoms with van der Waals surface area (Å²) >= 11 is 0. The third kappa shape index (κ3) is 5.04. The molecular weight excluding hydrogens is 250 g/mol. The van der Waals surface area contributed by atoms with Gasteiger partial charge in [-0.1, -0.05) is 6.07 Å². The van der Waals surface area contributed by atoms with Crippen LogP contribution in [0.15, 0.2) is 18.2 Å². The van der Waals surface area contributed by atoms with Crippen LogP contribution in [0.1, 0.15) is 46.1 Å². The second-order valence-electron chi connectivity index (χ2n) is 6.57. The summed E-state index contributed by atoms with van der Waals surface area (Å²) in [6.07, 6.45) is 2.61. The normalized spacial score (nSPS) is 15.2. The van der Waals surface area contributed by atoms with Gasteiger partial charge in [0.15, 0.2) is 11.5 Å². The molecule has 1 aliphatic rings. The molecule has 0 amide bonds. The quantitative estimate of drug-likeness (QED) is 0.823. The Morgan fingerprint density at radius 2 is 1.90 bits per heavy atom. The van der Waals surface area contributed by atoms with Crippen LogP contribution in [-0.4, -0.2) is 18.8 Å². The van der Waals surface area contributed by atoms with Crippen LogP contribution >= 0.6 is 0 Å². The summed E-state index contributed by atoms with van der Waals surface area (Å²) in [7, 11) is 0. The second kappa shape index (κ2) is 6.49. The number of rotatable bonds is 7. The van der Waals surface area contributed by atoms with E-state index in [1.807, 2.05) is 13.0 Å². The van der Waals surface area contributed by atoms with E-state index in [1.165, 1.54) is 18.4 Å². The maximum atomic E-state index is 5.87. The predicted molar refractivity (Wildman–Crippen MR) is 82.4 cm³/mol. The maximum absolute atomic E-state index is 5.87. The van der Waals surface area contributed by atoms with Crippen molar-refractivity contribution in [2.45, 2.75) is 52.6 Å². The summed E-state index contributed by atoms with van der Waals surface area (Å²) in [5.41, 5.74) is 1.34. The number of hydrogen-bond donors (Lipinski definition) is 1. The van der Waals surface area contributed by atoms with E-state index in [9.17, 15) is 0 Å². The Morgan fingerprint density at radius 3 is 2.50 bits per heavy atom. The molecule has 0 unspecified atom stereocenters. The Kier molecular flexibility index (Phi) is 4.92. The Labute approximate surface area is 122 Å². The van der Waals surface area contributed by atoms with Gasteiger partial charge in [-0.2, -0.15) is 0 Å². The Bertz CT molecular complexity index is 433. The van der Waals surface area contributed by atoms with Crippen LogP contribution in [0.3, 0.4) is 0 Å². The second-order valence-corrected chi connectivity index (χ2v) is 6.57. The molecule has 0 aliphatic heterocycles. The van der Waals surface area contributed by atoms with E-state index >= 15 is 0 Å². The van der Waals surface area contributed by atoms with Crippen molar-refractivity contribution in [1.29, 1.82) is 0 Å². The van der Waals surface area contributed by atoms with E-state index in [4.69, 9.17) is 9.47 Å². The summed E-state index contributed by atoms with van der Waals surface area (Å²) in [5.74, 6) is 2.49. The highest BCUT2D eigenvalue weighted by atomic mass is 16.5. The molecule has 2 rings (SSSR count). The van der Waals surface area contributed by atoms with Gasteiger partial charge in [-0.15, -0.1) is 0 Å². The average molecular weight is 277 g/mol. The van der Waals surface area contributed by atoms with Crippen LogP contribution in [0.4, 0.5) is 0 Å². The lowest BCUT2D eigenvalue weighted by Crippen LogP contribution is -2.35. The van der Waals surface area contributed by atoms with E-state index in [0.29, 0.717) is 6.61 Å². The molecule has 0 bridgehead atoms. The maximum Gasteiger partial charge on any atom is 0.161 e. The molecule has 0 spiro atoms. The van der Waals surface area contributed by atoms with E-state index in [2.05, 4.69) is 38.2 Å². The highest BCUT2D eigenvalue weighted by Gasteiger charge is 2.22. The Balaban J connectivity index is 2.01. The molecule has 3 heteroatoms. The zero-order valence-corrected chi connectivity index (χ0v) is 13.2. The minimum atomic E-state index is 0.118. The monoisotopic (exact) mass is 277 g/mol. The van der Waals surface area contributed by atoms with Crippen LogP contribution in [0.2, 0.25) is 0 Å². The molecule has 0 atom stereocenters. The molecule has 20 heavy (non-hydrogen) atoms. The van der Waals surface area contributed by atoms with Gasteiger partial charge in [0.2, 0.25) is 0 Å². The van der Waals surface area contributed by atoms with Crippen LogP contribution in [0.5, 0.6) is 11.5 Å². The smallest absolute Gasteiger partial charge is 0.161 e. The molecule has 112 valence electrons. The molecule has 3 nitrogen and oxygen atoms in total. The minimum Gasteiger partial charge on any atom is -0.490 e. The molecule has 1 aromatic carbocycles. The van der Waals surface area contributed by atoms with Gasteiger partial charge in [-0.25, -0.2) is 0 Å². The lowest BCUT2D eigenvalue weighted by atomic mass is 10.1. The fourth-order valence-electron chi connectivity index (χ4n) is 1.91. The summed E-state index contributed by atoms with van der Waals surface area (Å²) in [6, 6.07) is 6.24. The van der Waals surface area contributed by atoms with Crippen LogP contribution in [0.25, 0.3) is 0 Å². The molecule has 0 heterocycles. The van der Waals surface area contributed by atoms with Crippen LogP contribution in [0, 0.1) is 5.92 Å². The first-order valence-electron chi connectivity index (χ1n) is 7.61. The van der Waals surface area contributed by atoms with E-state index in [0.717, 1.165) is 30.6 Å². The molecule has 1 N–H and O–H groups in total. The largest absolute Gasteiger partial charge is 0.490 e. The molecular formula is C17H27NO2. The van der Waals surface area contributed by atoms with Crippen molar-refractivity contribution in [1.82, 2.24) is 5.32 Å². The van der Waals surface area contributed by atoms with Gasteiger partial charge < -0.3 is 14.8 Å². The van der Waals surface area contributed by atoms with Gasteiger partial charge in [0, 0.05) is 12.1 Å². The molecule has 0 saturated heterocycles. The SMILES string of the molecule is CCOc1cc(CNC(C)(C)C)ccc1OCC1CC1. The lowest BCUT2D eigenvalue weighted by molar-refractivity contribution is 0.266. The molecule has 0 radical (unpaired) electrons. The van der Waals surface area contributed by atoms with Gasteiger partial charge in [0.25, 0.3) is 0 Å². The molecule has 1 aliphatic carbocycles. The summed E-state index contributed by atoms with van der Waals surface area (Å²) in [5, 5.41) is 3.49. The number of benzene rings is 1. The highest BCUT2D eigenvalue weighted by Crippen LogP contribution is 2.33. The Morgan fingerprint density at radius 1 is 1.15 bits per heavy atom. The van der Waals surface area contributed by atoms with Crippen molar-refractivity contribution < 1.29 is 9.47 Å². The van der Waals surface area contributed by atoms with Gasteiger partial charge in [0.05, 0.1) is 13.2 Å². The summed E-state index contributed by atoms with van der Waals surface area (Å²) < 4.78 is 11.6. The van der Waals surface area contributed by atoms with E-state index in [1.54, 1.807) is 0 Å². The fraction of sp³-hybridized carbons (Fsp3) is 0.647. The average Bonchev–Trinajstić information content (AvgIpc) is 3.19. The number of nitrogens with one attached hydrogen (secondary N) is 1. The van der Waals surface area contributed by atoms with Crippen molar-refractivity contribution >= 4 is 0 Å². The van der Waals surface area contributed by atoms with Gasteiger partial charge in [-0.05, 0) is 64.2 Å². The summed E-state index contributed by atoms with van der Waals surface area (Å²) in [4.78, 5) is 0. The van der Waals surface area contributed by atoms with Crippen molar-refractivity contribution in [2.24, 2.45) is 5.92 Å². The highest BCUT2D eigenvalue weighted by molar-refractivity contribution is 5.43. The van der Waals surface area contributed by atoms with Crippen molar-refractivity contribution in [3.63, 3.8) is 0 Å². The third-order valence-electron chi connectivity index (χ3n) is 3.30. The fourth-order valence-corrected chi connectivity index (χ4v) is 1.91. The van der Waals surface area contributed by atoms with Gasteiger partial charge in [0.1, 0.15) is 0 Å². The molecule has 1 fully saturated rings.